The third-order valence-corrected chi connectivity index (χ3v) is 4.87. The molecular formula is C18H28N2. The van der Waals surface area contributed by atoms with Crippen LogP contribution in [-0.2, 0) is 6.54 Å². The number of benzene rings is 1. The lowest BCUT2D eigenvalue weighted by Crippen LogP contribution is -2.43. The molecule has 2 heteroatoms. The first kappa shape index (κ1) is 14.1. The van der Waals surface area contributed by atoms with Gasteiger partial charge in [-0.25, -0.2) is 0 Å². The van der Waals surface area contributed by atoms with Gasteiger partial charge in [-0.05, 0) is 50.3 Å². The number of nitrogens with one attached hydrogen (secondary N) is 1. The van der Waals surface area contributed by atoms with Crippen LogP contribution in [0.15, 0.2) is 30.3 Å². The van der Waals surface area contributed by atoms with Gasteiger partial charge in [-0.15, -0.1) is 0 Å². The molecule has 2 aliphatic rings. The van der Waals surface area contributed by atoms with Crippen molar-refractivity contribution in [1.82, 2.24) is 10.2 Å². The van der Waals surface area contributed by atoms with Crippen molar-refractivity contribution in [2.24, 2.45) is 5.92 Å². The van der Waals surface area contributed by atoms with Gasteiger partial charge in [0.25, 0.3) is 0 Å². The van der Waals surface area contributed by atoms with Crippen LogP contribution in [0.4, 0.5) is 0 Å². The van der Waals surface area contributed by atoms with Gasteiger partial charge in [-0.3, -0.25) is 4.90 Å². The minimum atomic E-state index is 0.772. The van der Waals surface area contributed by atoms with Crippen molar-refractivity contribution in [3.8, 4) is 0 Å². The second-order valence-corrected chi connectivity index (χ2v) is 6.59. The van der Waals surface area contributed by atoms with Crippen LogP contribution in [0.5, 0.6) is 0 Å². The number of piperidine rings is 1. The molecule has 1 saturated carbocycles. The van der Waals surface area contributed by atoms with Crippen LogP contribution < -0.4 is 5.32 Å². The van der Waals surface area contributed by atoms with E-state index in [1.807, 2.05) is 0 Å². The maximum atomic E-state index is 3.89. The number of hydrogen-bond acceptors (Lipinski definition) is 2. The van der Waals surface area contributed by atoms with Crippen molar-refractivity contribution in [2.75, 3.05) is 13.1 Å². The largest absolute Gasteiger partial charge is 0.311 e. The van der Waals surface area contributed by atoms with E-state index in [-0.39, 0.29) is 0 Å². The smallest absolute Gasteiger partial charge is 0.0233 e. The molecular weight excluding hydrogens is 244 g/mol. The summed E-state index contributed by atoms with van der Waals surface area (Å²) in [6, 6.07) is 12.5. The first-order valence-electron chi connectivity index (χ1n) is 8.37. The number of hydrogen-bond donors (Lipinski definition) is 1. The highest BCUT2D eigenvalue weighted by Gasteiger charge is 2.37. The Bertz CT molecular complexity index is 395. The topological polar surface area (TPSA) is 15.3 Å². The molecule has 20 heavy (non-hydrogen) atoms. The minimum absolute atomic E-state index is 0.772. The molecule has 0 bridgehead atoms. The molecule has 1 saturated heterocycles. The Morgan fingerprint density at radius 1 is 1.15 bits per heavy atom. The zero-order valence-electron chi connectivity index (χ0n) is 12.7. The first-order valence-corrected chi connectivity index (χ1v) is 8.37. The normalized spacial score (nSPS) is 27.6. The maximum Gasteiger partial charge on any atom is 0.0233 e. The second kappa shape index (κ2) is 6.73. The molecule has 0 aromatic heterocycles. The summed E-state index contributed by atoms with van der Waals surface area (Å²) < 4.78 is 0. The van der Waals surface area contributed by atoms with Crippen molar-refractivity contribution in [1.29, 1.82) is 0 Å². The van der Waals surface area contributed by atoms with E-state index in [2.05, 4.69) is 47.5 Å². The van der Waals surface area contributed by atoms with Gasteiger partial charge in [-0.1, -0.05) is 43.7 Å². The zero-order valence-corrected chi connectivity index (χ0v) is 12.7. The Morgan fingerprint density at radius 2 is 1.90 bits per heavy atom. The zero-order chi connectivity index (χ0) is 13.8. The molecule has 2 fully saturated rings. The first-order chi connectivity index (χ1) is 9.85. The Kier molecular flexibility index (Phi) is 4.74. The molecule has 0 spiro atoms. The van der Waals surface area contributed by atoms with Crippen LogP contribution >= 0.6 is 0 Å². The van der Waals surface area contributed by atoms with Gasteiger partial charge in [0.1, 0.15) is 0 Å². The molecule has 3 rings (SSSR count). The van der Waals surface area contributed by atoms with Gasteiger partial charge in [0.15, 0.2) is 0 Å². The predicted molar refractivity (Wildman–Crippen MR) is 84.7 cm³/mol. The van der Waals surface area contributed by atoms with Crippen LogP contribution in [0.2, 0.25) is 0 Å². The fourth-order valence-electron chi connectivity index (χ4n) is 3.54. The summed E-state index contributed by atoms with van der Waals surface area (Å²) in [6.45, 7) is 5.92. The van der Waals surface area contributed by atoms with Crippen molar-refractivity contribution >= 4 is 0 Å². The fourth-order valence-corrected chi connectivity index (χ4v) is 3.54. The molecule has 2 atom stereocenters. The standard InChI is InChI=1S/C18H28N2/c1-2-6-16-13-18(16)19-17-9-11-20(12-10-17)14-15-7-4-3-5-8-15/h3-5,7-8,16-19H,2,6,9-14H2,1H3. The van der Waals surface area contributed by atoms with Crippen molar-refractivity contribution in [3.63, 3.8) is 0 Å². The fraction of sp³-hybridized carbons (Fsp3) is 0.667. The van der Waals surface area contributed by atoms with E-state index in [1.165, 1.54) is 50.8 Å². The van der Waals surface area contributed by atoms with Crippen molar-refractivity contribution in [2.45, 2.75) is 57.7 Å². The SMILES string of the molecule is CCCC1CC1NC1CCN(Cc2ccccc2)CC1. The molecule has 0 radical (unpaired) electrons. The summed E-state index contributed by atoms with van der Waals surface area (Å²) >= 11 is 0. The Morgan fingerprint density at radius 3 is 2.60 bits per heavy atom. The van der Waals surface area contributed by atoms with Crippen LogP contribution in [0.1, 0.15) is 44.6 Å². The van der Waals surface area contributed by atoms with E-state index in [1.54, 1.807) is 0 Å². The summed E-state index contributed by atoms with van der Waals surface area (Å²) in [5.41, 5.74) is 1.45. The van der Waals surface area contributed by atoms with Gasteiger partial charge < -0.3 is 5.32 Å². The summed E-state index contributed by atoms with van der Waals surface area (Å²) in [5.74, 6) is 0.988. The third-order valence-electron chi connectivity index (χ3n) is 4.87. The quantitative estimate of drug-likeness (QED) is 0.853. The van der Waals surface area contributed by atoms with E-state index in [0.29, 0.717) is 0 Å². The number of nitrogens with zero attached hydrogens (tertiary/aromatic N) is 1. The lowest BCUT2D eigenvalue weighted by Gasteiger charge is -2.32. The molecule has 1 aliphatic heterocycles. The second-order valence-electron chi connectivity index (χ2n) is 6.59. The van der Waals surface area contributed by atoms with E-state index in [9.17, 15) is 0 Å². The molecule has 1 heterocycles. The highest BCUT2D eigenvalue weighted by atomic mass is 15.1. The van der Waals surface area contributed by atoms with Gasteiger partial charge in [0, 0.05) is 18.6 Å². The number of rotatable bonds is 6. The van der Waals surface area contributed by atoms with Crippen LogP contribution in [0, 0.1) is 5.92 Å². The van der Waals surface area contributed by atoms with Crippen LogP contribution in [0.25, 0.3) is 0 Å². The average molecular weight is 272 g/mol. The maximum absolute atomic E-state index is 3.89. The molecule has 1 aromatic rings. The number of likely N-dealkylation sites (tertiary alicyclic amines) is 1. The molecule has 0 amide bonds. The molecule has 1 N–H and O–H groups in total. The predicted octanol–water partition coefficient (Wildman–Crippen LogP) is 3.43. The van der Waals surface area contributed by atoms with E-state index in [4.69, 9.17) is 0 Å². The molecule has 2 unspecified atom stereocenters. The van der Waals surface area contributed by atoms with Crippen LogP contribution in [0.3, 0.4) is 0 Å². The van der Waals surface area contributed by atoms with Gasteiger partial charge in [-0.2, -0.15) is 0 Å². The Balaban J connectivity index is 1.37. The molecule has 1 aromatic carbocycles. The van der Waals surface area contributed by atoms with Crippen molar-refractivity contribution < 1.29 is 0 Å². The van der Waals surface area contributed by atoms with Crippen LogP contribution in [-0.4, -0.2) is 30.1 Å². The summed E-state index contributed by atoms with van der Waals surface area (Å²) in [7, 11) is 0. The molecule has 110 valence electrons. The molecule has 1 aliphatic carbocycles. The average Bonchev–Trinajstić information content (AvgIpc) is 3.20. The highest BCUT2D eigenvalue weighted by molar-refractivity contribution is 5.14. The van der Waals surface area contributed by atoms with Gasteiger partial charge in [0.05, 0.1) is 0 Å². The van der Waals surface area contributed by atoms with Crippen molar-refractivity contribution in [3.05, 3.63) is 35.9 Å². The summed E-state index contributed by atoms with van der Waals surface area (Å²) in [5, 5.41) is 3.89. The van der Waals surface area contributed by atoms with E-state index < -0.39 is 0 Å². The monoisotopic (exact) mass is 272 g/mol. The van der Waals surface area contributed by atoms with E-state index >= 15 is 0 Å². The van der Waals surface area contributed by atoms with Gasteiger partial charge >= 0.3 is 0 Å². The van der Waals surface area contributed by atoms with E-state index in [0.717, 1.165) is 24.5 Å². The highest BCUT2D eigenvalue weighted by Crippen LogP contribution is 2.35. The summed E-state index contributed by atoms with van der Waals surface area (Å²) in [4.78, 5) is 2.60. The molecule has 2 nitrogen and oxygen atoms in total. The summed E-state index contributed by atoms with van der Waals surface area (Å²) in [6.07, 6.45) is 6.84. The lowest BCUT2D eigenvalue weighted by molar-refractivity contribution is 0.189. The third kappa shape index (κ3) is 3.83. The Labute approximate surface area is 123 Å². The minimum Gasteiger partial charge on any atom is -0.311 e. The Hall–Kier alpha value is -0.860. The lowest BCUT2D eigenvalue weighted by atomic mass is 10.0. The van der Waals surface area contributed by atoms with Gasteiger partial charge in [0.2, 0.25) is 0 Å².